The number of hydrogen-bond acceptors (Lipinski definition) is 5. The fourth-order valence-electron chi connectivity index (χ4n) is 3.96. The molecular formula is C22H20ClN3OS. The van der Waals surface area contributed by atoms with Gasteiger partial charge in [-0.1, -0.05) is 48.5 Å². The summed E-state index contributed by atoms with van der Waals surface area (Å²) in [7, 11) is 0. The molecule has 0 spiro atoms. The van der Waals surface area contributed by atoms with Crippen molar-refractivity contribution in [3.63, 3.8) is 0 Å². The lowest BCUT2D eigenvalue weighted by molar-refractivity contribution is 0.277. The Morgan fingerprint density at radius 1 is 1.14 bits per heavy atom. The summed E-state index contributed by atoms with van der Waals surface area (Å²) >= 11 is 8.14. The quantitative estimate of drug-likeness (QED) is 0.540. The van der Waals surface area contributed by atoms with Crippen LogP contribution >= 0.6 is 23.4 Å². The smallest absolute Gasteiger partial charge is 0.161 e. The average molecular weight is 410 g/mol. The summed E-state index contributed by atoms with van der Waals surface area (Å²) in [6.07, 6.45) is 1.83. The van der Waals surface area contributed by atoms with Gasteiger partial charge in [-0.05, 0) is 42.8 Å². The highest BCUT2D eigenvalue weighted by atomic mass is 35.5. The maximum Gasteiger partial charge on any atom is 0.161 e. The fraction of sp³-hybridized carbons (Fsp3) is 0.273. The molecule has 6 heteroatoms. The zero-order valence-corrected chi connectivity index (χ0v) is 17.2. The lowest BCUT2D eigenvalue weighted by Gasteiger charge is -2.25. The first-order chi connectivity index (χ1) is 13.6. The summed E-state index contributed by atoms with van der Waals surface area (Å²) in [5.41, 5.74) is 3.02. The minimum atomic E-state index is -0.0596. The molecule has 0 aliphatic carbocycles. The third-order valence-corrected chi connectivity index (χ3v) is 6.84. The van der Waals surface area contributed by atoms with E-state index in [1.807, 2.05) is 67.3 Å². The first-order valence-electron chi connectivity index (χ1n) is 9.39. The Morgan fingerprint density at radius 3 is 2.86 bits per heavy atom. The number of pyridine rings is 1. The number of hydrogen-bond donors (Lipinski definition) is 0. The van der Waals surface area contributed by atoms with Gasteiger partial charge in [0.15, 0.2) is 5.17 Å². The van der Waals surface area contributed by atoms with Crippen LogP contribution in [0.3, 0.4) is 0 Å². The van der Waals surface area contributed by atoms with Gasteiger partial charge in [0.1, 0.15) is 23.6 Å². The van der Waals surface area contributed by atoms with Crippen LogP contribution in [0.4, 0.5) is 0 Å². The number of rotatable bonds is 3. The molecule has 0 N–H and O–H groups in total. The highest BCUT2D eigenvalue weighted by Crippen LogP contribution is 2.48. The lowest BCUT2D eigenvalue weighted by atomic mass is 10.0. The molecule has 3 atom stereocenters. The topological polar surface area (TPSA) is 41.6 Å². The summed E-state index contributed by atoms with van der Waals surface area (Å²) < 4.78 is 6.37. The number of furan rings is 1. The summed E-state index contributed by atoms with van der Waals surface area (Å²) in [6, 6.07) is 16.0. The van der Waals surface area contributed by atoms with Crippen LogP contribution in [0, 0.1) is 6.92 Å². The van der Waals surface area contributed by atoms with Gasteiger partial charge in [-0.3, -0.25) is 4.98 Å². The third kappa shape index (κ3) is 2.93. The second-order valence-corrected chi connectivity index (χ2v) is 9.06. The maximum atomic E-state index is 6.37. The van der Waals surface area contributed by atoms with Gasteiger partial charge >= 0.3 is 0 Å². The number of aliphatic imine (C=N–C) groups is 1. The number of nitrogens with zero attached hydrogens (tertiary/aromatic N) is 3. The van der Waals surface area contributed by atoms with Crippen molar-refractivity contribution >= 4 is 28.5 Å². The largest absolute Gasteiger partial charge is 0.459 e. The van der Waals surface area contributed by atoms with Crippen LogP contribution in [-0.4, -0.2) is 26.8 Å². The highest BCUT2D eigenvalue weighted by Gasteiger charge is 2.45. The van der Waals surface area contributed by atoms with Crippen LogP contribution in [0.15, 0.2) is 64.1 Å². The minimum Gasteiger partial charge on any atom is -0.459 e. The summed E-state index contributed by atoms with van der Waals surface area (Å²) in [5, 5.41) is 2.36. The van der Waals surface area contributed by atoms with Crippen molar-refractivity contribution in [1.82, 2.24) is 9.88 Å². The van der Waals surface area contributed by atoms with Gasteiger partial charge in [0.2, 0.25) is 0 Å². The second-order valence-electron chi connectivity index (χ2n) is 7.25. The van der Waals surface area contributed by atoms with Crippen LogP contribution in [0.2, 0.25) is 5.02 Å². The fourth-order valence-corrected chi connectivity index (χ4v) is 5.22. The van der Waals surface area contributed by atoms with E-state index < -0.39 is 0 Å². The van der Waals surface area contributed by atoms with Gasteiger partial charge < -0.3 is 9.32 Å². The van der Waals surface area contributed by atoms with E-state index in [1.165, 1.54) is 0 Å². The first-order valence-corrected chi connectivity index (χ1v) is 10.6. The third-order valence-electron chi connectivity index (χ3n) is 5.33. The van der Waals surface area contributed by atoms with Gasteiger partial charge in [-0.25, -0.2) is 4.99 Å². The van der Waals surface area contributed by atoms with Crippen molar-refractivity contribution in [1.29, 1.82) is 0 Å². The number of aromatic nitrogens is 1. The van der Waals surface area contributed by atoms with Crippen molar-refractivity contribution in [3.05, 3.63) is 76.8 Å². The minimum absolute atomic E-state index is 0.0237. The standard InChI is InChI=1S/C22H20ClN3OS/c1-13-12-26-21(20(25-22(26)28-13)17-8-3-4-11-24-17)19-10-9-18(27-19)15-6-5-7-16(23)14(15)2/h3-11,13,20-21H,12H2,1-2H3/t13-,20-,21+/m0/s1. The molecule has 1 aromatic carbocycles. The van der Waals surface area contributed by atoms with E-state index in [1.54, 1.807) is 0 Å². The molecule has 0 bridgehead atoms. The van der Waals surface area contributed by atoms with Crippen LogP contribution in [0.25, 0.3) is 11.3 Å². The molecule has 0 unspecified atom stereocenters. The predicted molar refractivity (Wildman–Crippen MR) is 115 cm³/mol. The van der Waals surface area contributed by atoms with Crippen molar-refractivity contribution in [2.24, 2.45) is 4.99 Å². The van der Waals surface area contributed by atoms with E-state index in [9.17, 15) is 0 Å². The van der Waals surface area contributed by atoms with E-state index in [0.29, 0.717) is 5.25 Å². The average Bonchev–Trinajstić information content (AvgIpc) is 3.38. The van der Waals surface area contributed by atoms with Crippen LogP contribution < -0.4 is 0 Å². The molecule has 2 aliphatic rings. The second kappa shape index (κ2) is 6.98. The van der Waals surface area contributed by atoms with E-state index >= 15 is 0 Å². The van der Waals surface area contributed by atoms with Crippen LogP contribution in [0.1, 0.15) is 36.0 Å². The van der Waals surface area contributed by atoms with Crippen molar-refractivity contribution in [2.45, 2.75) is 31.2 Å². The van der Waals surface area contributed by atoms with E-state index in [-0.39, 0.29) is 12.1 Å². The molecule has 0 radical (unpaired) electrons. The molecule has 3 aromatic rings. The Bertz CT molecular complexity index is 1050. The van der Waals surface area contributed by atoms with E-state index in [2.05, 4.69) is 22.9 Å². The molecule has 28 heavy (non-hydrogen) atoms. The molecule has 2 aromatic heterocycles. The first kappa shape index (κ1) is 17.8. The van der Waals surface area contributed by atoms with Gasteiger partial charge in [-0.15, -0.1) is 0 Å². The molecule has 2 aliphatic heterocycles. The normalized spacial score (nSPS) is 23.8. The molecule has 1 saturated heterocycles. The van der Waals surface area contributed by atoms with Gasteiger partial charge in [-0.2, -0.15) is 0 Å². The van der Waals surface area contributed by atoms with E-state index in [0.717, 1.165) is 45.1 Å². The number of fused-ring (bicyclic) bond motifs is 1. The Hall–Kier alpha value is -2.24. The zero-order valence-electron chi connectivity index (χ0n) is 15.7. The van der Waals surface area contributed by atoms with Gasteiger partial charge in [0.05, 0.1) is 5.69 Å². The Morgan fingerprint density at radius 2 is 2.04 bits per heavy atom. The molecule has 0 amide bonds. The number of thioether (sulfide) groups is 1. The lowest BCUT2D eigenvalue weighted by Crippen LogP contribution is -2.28. The van der Waals surface area contributed by atoms with E-state index in [4.69, 9.17) is 21.0 Å². The predicted octanol–water partition coefficient (Wildman–Crippen LogP) is 5.89. The zero-order chi connectivity index (χ0) is 19.3. The molecule has 4 nitrogen and oxygen atoms in total. The van der Waals surface area contributed by atoms with Crippen LogP contribution in [-0.2, 0) is 0 Å². The summed E-state index contributed by atoms with van der Waals surface area (Å²) in [5.74, 6) is 1.75. The molecule has 142 valence electrons. The molecule has 5 rings (SSSR count). The SMILES string of the molecule is Cc1c(Cl)cccc1-c1ccc([C@@H]2[C@H](c3ccccn3)N=C3S[C@@H](C)CN32)o1. The summed E-state index contributed by atoms with van der Waals surface area (Å²) in [4.78, 5) is 11.9. The van der Waals surface area contributed by atoms with Crippen molar-refractivity contribution < 1.29 is 4.42 Å². The molecule has 4 heterocycles. The molecule has 1 fully saturated rings. The van der Waals surface area contributed by atoms with Gasteiger partial charge in [0, 0.05) is 28.6 Å². The van der Waals surface area contributed by atoms with Crippen molar-refractivity contribution in [2.75, 3.05) is 6.54 Å². The number of benzene rings is 1. The Balaban J connectivity index is 1.55. The number of halogens is 1. The molecular weight excluding hydrogens is 390 g/mol. The van der Waals surface area contributed by atoms with Gasteiger partial charge in [0.25, 0.3) is 0 Å². The Kier molecular flexibility index (Phi) is 4.44. The highest BCUT2D eigenvalue weighted by molar-refractivity contribution is 8.14. The number of amidine groups is 1. The molecule has 0 saturated carbocycles. The monoisotopic (exact) mass is 409 g/mol. The maximum absolute atomic E-state index is 6.37. The Labute approximate surface area is 173 Å². The van der Waals surface area contributed by atoms with Crippen LogP contribution in [0.5, 0.6) is 0 Å². The summed E-state index contributed by atoms with van der Waals surface area (Å²) in [6.45, 7) is 5.22. The van der Waals surface area contributed by atoms with Crippen molar-refractivity contribution in [3.8, 4) is 11.3 Å².